The molecule has 144 valence electrons. The third-order valence-corrected chi connectivity index (χ3v) is 3.89. The Morgan fingerprint density at radius 1 is 0.519 bits per heavy atom. The molecular formula is C26H30Pt. The molecule has 1 heteroatoms. The molecule has 0 fully saturated rings. The largest absolute Gasteiger partial charge is 2.00 e. The van der Waals surface area contributed by atoms with Crippen LogP contribution < -0.4 is 0 Å². The fraction of sp³-hybridized carbons (Fsp3) is 0.231. The summed E-state index contributed by atoms with van der Waals surface area (Å²) < 4.78 is 0. The average molecular weight is 538 g/mol. The summed E-state index contributed by atoms with van der Waals surface area (Å²) in [4.78, 5) is 0. The molecule has 1 aliphatic carbocycles. The van der Waals surface area contributed by atoms with Crippen LogP contribution in [0.4, 0.5) is 0 Å². The Balaban J connectivity index is 0.000000390. The zero-order valence-corrected chi connectivity index (χ0v) is 19.5. The van der Waals surface area contributed by atoms with Crippen molar-refractivity contribution in [3.8, 4) is 0 Å². The zero-order valence-electron chi connectivity index (χ0n) is 17.2. The third-order valence-electron chi connectivity index (χ3n) is 3.89. The Morgan fingerprint density at radius 2 is 0.815 bits per heavy atom. The van der Waals surface area contributed by atoms with Gasteiger partial charge in [0.15, 0.2) is 0 Å². The molecule has 0 radical (unpaired) electrons. The summed E-state index contributed by atoms with van der Waals surface area (Å²) in [6, 6.07) is 21.6. The van der Waals surface area contributed by atoms with Crippen molar-refractivity contribution < 1.29 is 21.1 Å². The summed E-state index contributed by atoms with van der Waals surface area (Å²) in [5.41, 5.74) is 7.93. The second-order valence-corrected chi connectivity index (χ2v) is 6.63. The van der Waals surface area contributed by atoms with E-state index in [1.165, 1.54) is 33.4 Å². The minimum Gasteiger partial charge on any atom is -0.184 e. The summed E-state index contributed by atoms with van der Waals surface area (Å²) in [5, 5.41) is 0. The van der Waals surface area contributed by atoms with Gasteiger partial charge in [0.05, 0.1) is 0 Å². The smallest absolute Gasteiger partial charge is 0.184 e. The van der Waals surface area contributed by atoms with E-state index in [0.717, 1.165) is 0 Å². The van der Waals surface area contributed by atoms with Gasteiger partial charge in [-0.3, -0.25) is 0 Å². The average Bonchev–Trinajstić information content (AvgIpc) is 2.61. The summed E-state index contributed by atoms with van der Waals surface area (Å²) in [5.74, 6) is 0. The molecule has 0 N–H and O–H groups in total. The van der Waals surface area contributed by atoms with Crippen LogP contribution in [0.3, 0.4) is 0 Å². The summed E-state index contributed by atoms with van der Waals surface area (Å²) >= 11 is 0. The van der Waals surface area contributed by atoms with Crippen LogP contribution in [-0.2, 0) is 21.1 Å². The van der Waals surface area contributed by atoms with Crippen LogP contribution >= 0.6 is 0 Å². The molecule has 0 aliphatic heterocycles. The normalized spacial score (nSPS) is 12.7. The Morgan fingerprint density at radius 3 is 1.04 bits per heavy atom. The molecule has 1 aliphatic rings. The maximum absolute atomic E-state index is 2.93. The SMILES string of the molecule is CC1=CC(C)=C(C)C=C(C)C=C1.Cc1cc[c-]cc1.Cc1cc[c-]cc1.[Pt+2]. The fourth-order valence-corrected chi connectivity index (χ4v) is 2.21. The maximum atomic E-state index is 2.93. The van der Waals surface area contributed by atoms with Gasteiger partial charge in [0, 0.05) is 0 Å². The molecule has 0 amide bonds. The molecule has 0 nitrogen and oxygen atoms in total. The molecule has 2 aromatic carbocycles. The van der Waals surface area contributed by atoms with E-state index in [1.807, 2.05) is 48.5 Å². The molecule has 0 unspecified atom stereocenters. The number of hydrogen-bond donors (Lipinski definition) is 0. The van der Waals surface area contributed by atoms with E-state index in [0.29, 0.717) is 0 Å². The van der Waals surface area contributed by atoms with Gasteiger partial charge in [-0.05, 0) is 38.8 Å². The monoisotopic (exact) mass is 537 g/mol. The van der Waals surface area contributed by atoms with Gasteiger partial charge in [-0.2, -0.15) is 71.8 Å². The summed E-state index contributed by atoms with van der Waals surface area (Å²) in [7, 11) is 0. The molecule has 0 atom stereocenters. The summed E-state index contributed by atoms with van der Waals surface area (Å²) in [6.45, 7) is 12.7. The molecule has 0 spiro atoms. The number of allylic oxidation sites excluding steroid dienone is 8. The number of rotatable bonds is 0. The van der Waals surface area contributed by atoms with Gasteiger partial charge in [-0.1, -0.05) is 49.3 Å². The van der Waals surface area contributed by atoms with E-state index in [4.69, 9.17) is 0 Å². The Kier molecular flexibility index (Phi) is 13.2. The van der Waals surface area contributed by atoms with Crippen LogP contribution in [0.15, 0.2) is 95.1 Å². The predicted octanol–water partition coefficient (Wildman–Crippen LogP) is 7.37. The van der Waals surface area contributed by atoms with E-state index < -0.39 is 0 Å². The molecule has 0 bridgehead atoms. The van der Waals surface area contributed by atoms with Gasteiger partial charge in [-0.25, -0.2) is 0 Å². The minimum absolute atomic E-state index is 0. The Hall–Kier alpha value is -1.91. The minimum atomic E-state index is 0. The fourth-order valence-electron chi connectivity index (χ4n) is 2.21. The standard InChI is InChI=1S/C12H16.2C7H7.Pt/c1-9-5-6-10(2)8-12(4)11(3)7-9;2*1-7-5-3-2-4-6-7;/h5-8H,1-4H3;2*3-6H,1H3;/q;2*-1;+2. The first kappa shape index (κ1) is 25.1. The van der Waals surface area contributed by atoms with Crippen molar-refractivity contribution in [3.05, 3.63) is 118 Å². The van der Waals surface area contributed by atoms with E-state index in [-0.39, 0.29) is 21.1 Å². The number of hydrogen-bond acceptors (Lipinski definition) is 0. The van der Waals surface area contributed by atoms with Crippen molar-refractivity contribution in [2.45, 2.75) is 41.5 Å². The molecule has 0 saturated carbocycles. The van der Waals surface area contributed by atoms with Crippen molar-refractivity contribution in [1.82, 2.24) is 0 Å². The van der Waals surface area contributed by atoms with Crippen molar-refractivity contribution in [3.63, 3.8) is 0 Å². The molecule has 0 aromatic heterocycles. The maximum Gasteiger partial charge on any atom is 2.00 e. The molecule has 3 rings (SSSR count). The van der Waals surface area contributed by atoms with Gasteiger partial charge in [0.2, 0.25) is 0 Å². The van der Waals surface area contributed by atoms with Crippen LogP contribution in [0, 0.1) is 26.0 Å². The predicted molar refractivity (Wildman–Crippen MR) is 115 cm³/mol. The first-order chi connectivity index (χ1) is 12.4. The number of aryl methyl sites for hydroxylation is 2. The summed E-state index contributed by atoms with van der Waals surface area (Å²) in [6.07, 6.45) is 8.74. The second kappa shape index (κ2) is 14.2. The third kappa shape index (κ3) is 12.2. The molecule has 2 aromatic rings. The molecule has 0 heterocycles. The molecular weight excluding hydrogens is 507 g/mol. The Labute approximate surface area is 180 Å². The zero-order chi connectivity index (χ0) is 19.4. The number of benzene rings is 2. The van der Waals surface area contributed by atoms with Gasteiger partial charge < -0.3 is 0 Å². The van der Waals surface area contributed by atoms with Crippen molar-refractivity contribution in [2.75, 3.05) is 0 Å². The topological polar surface area (TPSA) is 0 Å². The first-order valence-corrected chi connectivity index (χ1v) is 8.96. The van der Waals surface area contributed by atoms with Crippen molar-refractivity contribution >= 4 is 0 Å². The van der Waals surface area contributed by atoms with Crippen molar-refractivity contribution in [2.24, 2.45) is 0 Å². The van der Waals surface area contributed by atoms with Gasteiger partial charge in [0.1, 0.15) is 0 Å². The van der Waals surface area contributed by atoms with E-state index >= 15 is 0 Å². The molecule has 27 heavy (non-hydrogen) atoms. The molecule has 0 saturated heterocycles. The van der Waals surface area contributed by atoms with Crippen LogP contribution in [-0.4, -0.2) is 0 Å². The second-order valence-electron chi connectivity index (χ2n) is 6.63. The van der Waals surface area contributed by atoms with Crippen molar-refractivity contribution in [1.29, 1.82) is 0 Å². The van der Waals surface area contributed by atoms with Crippen LogP contribution in [0.1, 0.15) is 38.8 Å². The first-order valence-electron chi connectivity index (χ1n) is 8.96. The van der Waals surface area contributed by atoms with Gasteiger partial charge in [0.25, 0.3) is 0 Å². The van der Waals surface area contributed by atoms with E-state index in [2.05, 4.69) is 78.0 Å². The van der Waals surface area contributed by atoms with Crippen LogP contribution in [0.2, 0.25) is 0 Å². The van der Waals surface area contributed by atoms with Gasteiger partial charge >= 0.3 is 21.1 Å². The Bertz CT molecular complexity index is 708. The van der Waals surface area contributed by atoms with Crippen LogP contribution in [0.5, 0.6) is 0 Å². The van der Waals surface area contributed by atoms with E-state index in [9.17, 15) is 0 Å². The van der Waals surface area contributed by atoms with E-state index in [1.54, 1.807) is 0 Å². The quantitative estimate of drug-likeness (QED) is 0.308. The van der Waals surface area contributed by atoms with Gasteiger partial charge in [-0.15, -0.1) is 0 Å². The van der Waals surface area contributed by atoms with Crippen LogP contribution in [0.25, 0.3) is 0 Å².